The van der Waals surface area contributed by atoms with Crippen LogP contribution in [-0.2, 0) is 0 Å². The van der Waals surface area contributed by atoms with Crippen LogP contribution >= 0.6 is 11.5 Å². The summed E-state index contributed by atoms with van der Waals surface area (Å²) in [6.45, 7) is 0.302. The third-order valence-corrected chi connectivity index (χ3v) is 1.90. The molecule has 1 rings (SSSR count). The maximum absolute atomic E-state index is 11.4. The van der Waals surface area contributed by atoms with Crippen LogP contribution in [0.1, 0.15) is 9.67 Å². The number of carbonyl (C=O) groups excluding carboxylic acids is 1. The molecule has 0 radical (unpaired) electrons. The van der Waals surface area contributed by atoms with E-state index in [1.165, 1.54) is 11.1 Å². The fourth-order valence-electron chi connectivity index (χ4n) is 0.658. The second-order valence-corrected chi connectivity index (χ2v) is 2.93. The summed E-state index contributed by atoms with van der Waals surface area (Å²) in [7, 11) is 1.64. The van der Waals surface area contributed by atoms with Gasteiger partial charge in [-0.2, -0.15) is 0 Å². The van der Waals surface area contributed by atoms with Crippen LogP contribution in [0.3, 0.4) is 0 Å². The highest BCUT2D eigenvalue weighted by Crippen LogP contribution is 2.04. The largest absolute Gasteiger partial charge is 0.330 e. The predicted molar refractivity (Wildman–Crippen MR) is 45.7 cm³/mol. The quantitative estimate of drug-likeness (QED) is 0.614. The van der Waals surface area contributed by atoms with Crippen LogP contribution in [0.25, 0.3) is 0 Å². The van der Waals surface area contributed by atoms with Gasteiger partial charge in [-0.15, -0.1) is 11.5 Å². The van der Waals surface area contributed by atoms with Crippen LogP contribution in [0.15, 0.2) is 6.20 Å². The highest BCUT2D eigenvalue weighted by atomic mass is 32.1. The molecule has 0 bridgehead atoms. The monoisotopic (exact) mass is 181 g/mol. The molecule has 5 heteroatoms. The number of hydrogen-bond acceptors (Lipinski definition) is 4. The molecular formula is C7H7N3OS. The first-order valence-corrected chi connectivity index (χ1v) is 3.99. The topological polar surface area (TPSA) is 46.1 Å². The van der Waals surface area contributed by atoms with Gasteiger partial charge in [0.25, 0.3) is 5.91 Å². The van der Waals surface area contributed by atoms with Gasteiger partial charge in [0.15, 0.2) is 0 Å². The fourth-order valence-corrected chi connectivity index (χ4v) is 1.17. The summed E-state index contributed by atoms with van der Waals surface area (Å²) in [4.78, 5) is 13.3. The molecule has 0 unspecified atom stereocenters. The van der Waals surface area contributed by atoms with Gasteiger partial charge in [0, 0.05) is 7.05 Å². The lowest BCUT2D eigenvalue weighted by atomic mass is 10.4. The molecule has 0 aliphatic heterocycles. The number of terminal acetylenes is 1. The molecule has 0 saturated carbocycles. The molecule has 1 heterocycles. The number of aromatic nitrogens is 2. The second-order valence-electron chi connectivity index (χ2n) is 2.15. The van der Waals surface area contributed by atoms with E-state index in [2.05, 4.69) is 15.5 Å². The Morgan fingerprint density at radius 2 is 2.67 bits per heavy atom. The zero-order valence-electron chi connectivity index (χ0n) is 6.52. The minimum absolute atomic E-state index is 0.136. The summed E-state index contributed by atoms with van der Waals surface area (Å²) in [6, 6.07) is 0. The van der Waals surface area contributed by atoms with E-state index < -0.39 is 0 Å². The second kappa shape index (κ2) is 3.83. The van der Waals surface area contributed by atoms with Crippen molar-refractivity contribution in [3.8, 4) is 12.3 Å². The van der Waals surface area contributed by atoms with Crippen molar-refractivity contribution >= 4 is 17.4 Å². The standard InChI is InChI=1S/C7H7N3OS/c1-3-4-10(2)7(11)6-5-8-9-12-6/h1,5H,4H2,2H3. The predicted octanol–water partition coefficient (Wildman–Crippen LogP) is 0.243. The van der Waals surface area contributed by atoms with Gasteiger partial charge in [-0.3, -0.25) is 4.79 Å². The van der Waals surface area contributed by atoms with Gasteiger partial charge in [-0.1, -0.05) is 10.4 Å². The lowest BCUT2D eigenvalue weighted by molar-refractivity contribution is 0.0817. The molecule has 0 aromatic carbocycles. The van der Waals surface area contributed by atoms with Gasteiger partial charge in [-0.25, -0.2) is 0 Å². The van der Waals surface area contributed by atoms with E-state index in [-0.39, 0.29) is 5.91 Å². The average molecular weight is 181 g/mol. The van der Waals surface area contributed by atoms with Gasteiger partial charge in [-0.05, 0) is 11.5 Å². The normalized spacial score (nSPS) is 9.00. The number of carbonyl (C=O) groups is 1. The Kier molecular flexibility index (Phi) is 2.77. The van der Waals surface area contributed by atoms with Crippen LogP contribution < -0.4 is 0 Å². The van der Waals surface area contributed by atoms with E-state index in [4.69, 9.17) is 6.42 Å². The third-order valence-electron chi connectivity index (χ3n) is 1.25. The van der Waals surface area contributed by atoms with E-state index in [0.717, 1.165) is 11.5 Å². The SMILES string of the molecule is C#CCN(C)C(=O)c1cnns1. The van der Waals surface area contributed by atoms with Gasteiger partial charge in [0.05, 0.1) is 12.7 Å². The van der Waals surface area contributed by atoms with Gasteiger partial charge in [0.1, 0.15) is 4.88 Å². The Labute approximate surface area is 74.4 Å². The molecule has 1 aromatic rings. The maximum atomic E-state index is 11.4. The minimum Gasteiger partial charge on any atom is -0.330 e. The summed E-state index contributed by atoms with van der Waals surface area (Å²) < 4.78 is 3.58. The average Bonchev–Trinajstić information content (AvgIpc) is 2.55. The highest BCUT2D eigenvalue weighted by Gasteiger charge is 2.12. The van der Waals surface area contributed by atoms with E-state index >= 15 is 0 Å². The van der Waals surface area contributed by atoms with Crippen LogP contribution in [0.4, 0.5) is 0 Å². The first-order valence-electron chi connectivity index (χ1n) is 3.22. The molecular weight excluding hydrogens is 174 g/mol. The van der Waals surface area contributed by atoms with E-state index in [1.54, 1.807) is 7.05 Å². The van der Waals surface area contributed by atoms with Crippen LogP contribution in [-0.4, -0.2) is 34.0 Å². The Balaban J connectivity index is 2.67. The molecule has 62 valence electrons. The molecule has 4 nitrogen and oxygen atoms in total. The van der Waals surface area contributed by atoms with Crippen LogP contribution in [0.5, 0.6) is 0 Å². The Bertz CT molecular complexity index is 301. The van der Waals surface area contributed by atoms with Gasteiger partial charge < -0.3 is 4.90 Å². The van der Waals surface area contributed by atoms with Crippen molar-refractivity contribution < 1.29 is 4.79 Å². The summed E-state index contributed by atoms with van der Waals surface area (Å²) in [5.41, 5.74) is 0. The fraction of sp³-hybridized carbons (Fsp3) is 0.286. The summed E-state index contributed by atoms with van der Waals surface area (Å²) >= 11 is 1.06. The molecule has 0 spiro atoms. The van der Waals surface area contributed by atoms with Crippen molar-refractivity contribution in [3.63, 3.8) is 0 Å². The van der Waals surface area contributed by atoms with Crippen molar-refractivity contribution in [2.75, 3.05) is 13.6 Å². The van der Waals surface area contributed by atoms with Gasteiger partial charge >= 0.3 is 0 Å². The summed E-state index contributed by atoms with van der Waals surface area (Å²) in [5.74, 6) is 2.24. The first-order chi connectivity index (χ1) is 5.75. The molecule has 1 aromatic heterocycles. The van der Waals surface area contributed by atoms with E-state index in [1.807, 2.05) is 0 Å². The van der Waals surface area contributed by atoms with Crippen molar-refractivity contribution in [3.05, 3.63) is 11.1 Å². The number of rotatable bonds is 2. The van der Waals surface area contributed by atoms with Crippen LogP contribution in [0.2, 0.25) is 0 Å². The Morgan fingerprint density at radius 1 is 1.92 bits per heavy atom. The Hall–Kier alpha value is -1.41. The van der Waals surface area contributed by atoms with Crippen molar-refractivity contribution in [1.29, 1.82) is 0 Å². The van der Waals surface area contributed by atoms with Crippen molar-refractivity contribution in [2.45, 2.75) is 0 Å². The number of hydrogen-bond donors (Lipinski definition) is 0. The maximum Gasteiger partial charge on any atom is 0.267 e. The zero-order chi connectivity index (χ0) is 8.97. The molecule has 12 heavy (non-hydrogen) atoms. The molecule has 0 saturated heterocycles. The smallest absolute Gasteiger partial charge is 0.267 e. The highest BCUT2D eigenvalue weighted by molar-refractivity contribution is 7.07. The van der Waals surface area contributed by atoms with Crippen LogP contribution in [0, 0.1) is 12.3 Å². The molecule has 0 N–H and O–H groups in total. The van der Waals surface area contributed by atoms with Gasteiger partial charge in [0.2, 0.25) is 0 Å². The number of nitrogens with zero attached hydrogens (tertiary/aromatic N) is 3. The van der Waals surface area contributed by atoms with Crippen molar-refractivity contribution in [2.24, 2.45) is 0 Å². The molecule has 1 amide bonds. The number of amides is 1. The molecule has 0 aliphatic rings. The summed E-state index contributed by atoms with van der Waals surface area (Å²) in [6.07, 6.45) is 6.48. The van der Waals surface area contributed by atoms with Crippen molar-refractivity contribution in [1.82, 2.24) is 14.5 Å². The molecule has 0 atom stereocenters. The third kappa shape index (κ3) is 1.80. The first kappa shape index (κ1) is 8.68. The van der Waals surface area contributed by atoms with E-state index in [0.29, 0.717) is 11.4 Å². The minimum atomic E-state index is -0.136. The zero-order valence-corrected chi connectivity index (χ0v) is 7.34. The lowest BCUT2D eigenvalue weighted by Crippen LogP contribution is -2.26. The molecule has 0 fully saturated rings. The Morgan fingerprint density at radius 3 is 3.17 bits per heavy atom. The van der Waals surface area contributed by atoms with E-state index in [9.17, 15) is 4.79 Å². The molecule has 0 aliphatic carbocycles. The summed E-state index contributed by atoms with van der Waals surface area (Å²) in [5, 5.41) is 3.56. The lowest BCUT2D eigenvalue weighted by Gasteiger charge is -2.10.